The summed E-state index contributed by atoms with van der Waals surface area (Å²) >= 11 is 8.11. The van der Waals surface area contributed by atoms with E-state index < -0.39 is 17.6 Å². The van der Waals surface area contributed by atoms with Crippen molar-refractivity contribution in [3.63, 3.8) is 0 Å². The predicted octanol–water partition coefficient (Wildman–Crippen LogP) is 3.67. The van der Waals surface area contributed by atoms with Gasteiger partial charge in [0.15, 0.2) is 0 Å². The number of aromatic nitrogens is 4. The van der Waals surface area contributed by atoms with Crippen LogP contribution in [0.5, 0.6) is 0 Å². The molecule has 0 radical (unpaired) electrons. The molecular formula is C24H19ClIN5O4. The normalized spacial score (nSPS) is 10.8. The summed E-state index contributed by atoms with van der Waals surface area (Å²) in [6.07, 6.45) is 0. The number of nitrogens with one attached hydrogen (secondary N) is 1. The van der Waals surface area contributed by atoms with E-state index in [0.29, 0.717) is 14.3 Å². The summed E-state index contributed by atoms with van der Waals surface area (Å²) in [6, 6.07) is 17.2. The number of para-hydroxylation sites is 1. The van der Waals surface area contributed by atoms with Gasteiger partial charge < -0.3 is 10.4 Å². The van der Waals surface area contributed by atoms with Gasteiger partial charge in [-0.1, -0.05) is 48.0 Å². The lowest BCUT2D eigenvalue weighted by Crippen LogP contribution is -2.26. The van der Waals surface area contributed by atoms with Gasteiger partial charge in [-0.25, -0.2) is 9.59 Å². The Morgan fingerprint density at radius 2 is 1.86 bits per heavy atom. The Kier molecular flexibility index (Phi) is 7.31. The summed E-state index contributed by atoms with van der Waals surface area (Å²) in [4.78, 5) is 37.0. The van der Waals surface area contributed by atoms with Crippen molar-refractivity contribution in [1.82, 2.24) is 25.1 Å². The molecule has 1 aromatic heterocycles. The largest absolute Gasteiger partial charge is 0.478 e. The first kappa shape index (κ1) is 24.6. The average Bonchev–Trinajstić information content (AvgIpc) is 3.18. The molecule has 0 spiro atoms. The maximum atomic E-state index is 12.7. The van der Waals surface area contributed by atoms with Crippen LogP contribution in [0, 0.1) is 10.5 Å². The first-order valence-electron chi connectivity index (χ1n) is 10.4. The highest BCUT2D eigenvalue weighted by Gasteiger charge is 2.19. The molecule has 178 valence electrons. The maximum absolute atomic E-state index is 12.7. The minimum Gasteiger partial charge on any atom is -0.478 e. The van der Waals surface area contributed by atoms with Gasteiger partial charge in [-0.05, 0) is 80.9 Å². The van der Waals surface area contributed by atoms with E-state index in [1.165, 1.54) is 10.7 Å². The number of carbonyl (C=O) groups excluding carboxylic acids is 1. The van der Waals surface area contributed by atoms with Gasteiger partial charge in [0.25, 0.3) is 5.91 Å². The van der Waals surface area contributed by atoms with Gasteiger partial charge in [0.2, 0.25) is 0 Å². The van der Waals surface area contributed by atoms with E-state index in [0.717, 1.165) is 21.4 Å². The fourth-order valence-electron chi connectivity index (χ4n) is 3.57. The van der Waals surface area contributed by atoms with Crippen LogP contribution >= 0.6 is 34.2 Å². The van der Waals surface area contributed by atoms with E-state index in [-0.39, 0.29) is 24.2 Å². The van der Waals surface area contributed by atoms with Crippen LogP contribution in [0.4, 0.5) is 0 Å². The molecule has 3 aromatic carbocycles. The predicted molar refractivity (Wildman–Crippen MR) is 138 cm³/mol. The Balaban J connectivity index is 1.48. The topological polar surface area (TPSA) is 119 Å². The van der Waals surface area contributed by atoms with E-state index >= 15 is 0 Å². The smallest absolute Gasteiger partial charge is 0.368 e. The number of rotatable bonds is 7. The molecular weight excluding hydrogens is 585 g/mol. The molecule has 11 heteroatoms. The van der Waals surface area contributed by atoms with Gasteiger partial charge in [-0.3, -0.25) is 4.79 Å². The molecule has 0 saturated heterocycles. The SMILES string of the molecule is Cc1cc(Cn2nnn(-c3ccccc3Cl)c2=O)ccc1CNC(=O)c1c(I)cccc1C(=O)O. The number of carboxylic acids is 1. The van der Waals surface area contributed by atoms with Crippen LogP contribution in [0.2, 0.25) is 5.02 Å². The minimum absolute atomic E-state index is 0.0447. The highest BCUT2D eigenvalue weighted by molar-refractivity contribution is 14.1. The third kappa shape index (κ3) is 5.28. The van der Waals surface area contributed by atoms with Crippen molar-refractivity contribution in [1.29, 1.82) is 0 Å². The number of hydrogen-bond donors (Lipinski definition) is 2. The van der Waals surface area contributed by atoms with Gasteiger partial charge in [0.1, 0.15) is 0 Å². The summed E-state index contributed by atoms with van der Waals surface area (Å²) in [7, 11) is 0. The standard InChI is InChI=1S/C24H19ClIN5O4/c1-14-11-15(13-30-24(35)31(29-28-30)20-8-3-2-6-18(20)25)9-10-16(14)12-27-22(32)21-17(23(33)34)5-4-7-19(21)26/h2-11H,12-13H2,1H3,(H,27,32)(H,33,34). The third-order valence-corrected chi connectivity index (χ3v) is 6.59. The van der Waals surface area contributed by atoms with E-state index in [2.05, 4.69) is 15.7 Å². The molecule has 1 amide bonds. The van der Waals surface area contributed by atoms with Gasteiger partial charge in [-0.2, -0.15) is 9.36 Å². The van der Waals surface area contributed by atoms with Gasteiger partial charge in [0.05, 0.1) is 28.4 Å². The van der Waals surface area contributed by atoms with E-state index in [1.54, 1.807) is 36.4 Å². The fourth-order valence-corrected chi connectivity index (χ4v) is 4.53. The quantitative estimate of drug-likeness (QED) is 0.311. The van der Waals surface area contributed by atoms with Crippen LogP contribution in [0.15, 0.2) is 65.5 Å². The summed E-state index contributed by atoms with van der Waals surface area (Å²) < 4.78 is 2.95. The van der Waals surface area contributed by atoms with Crippen LogP contribution in [0.1, 0.15) is 37.4 Å². The molecule has 4 rings (SSSR count). The molecule has 2 N–H and O–H groups in total. The molecule has 0 fully saturated rings. The van der Waals surface area contributed by atoms with Crippen molar-refractivity contribution < 1.29 is 14.7 Å². The number of aromatic carboxylic acids is 1. The first-order chi connectivity index (χ1) is 16.8. The summed E-state index contributed by atoms with van der Waals surface area (Å²) in [5.74, 6) is -1.62. The summed E-state index contributed by atoms with van der Waals surface area (Å²) in [6.45, 7) is 2.32. The second-order valence-electron chi connectivity index (χ2n) is 7.69. The van der Waals surface area contributed by atoms with E-state index in [4.69, 9.17) is 11.6 Å². The maximum Gasteiger partial charge on any atom is 0.368 e. The molecule has 0 atom stereocenters. The van der Waals surface area contributed by atoms with Crippen LogP contribution in [-0.4, -0.2) is 36.8 Å². The fraction of sp³-hybridized carbons (Fsp3) is 0.125. The minimum atomic E-state index is -1.16. The van der Waals surface area contributed by atoms with Crippen molar-refractivity contribution in [3.8, 4) is 5.69 Å². The van der Waals surface area contributed by atoms with Crippen molar-refractivity contribution in [2.24, 2.45) is 0 Å². The number of nitrogens with zero attached hydrogens (tertiary/aromatic N) is 4. The van der Waals surface area contributed by atoms with Gasteiger partial charge >= 0.3 is 11.7 Å². The molecule has 0 bridgehead atoms. The Bertz CT molecular complexity index is 1500. The van der Waals surface area contributed by atoms with Crippen LogP contribution in [0.25, 0.3) is 5.69 Å². The lowest BCUT2D eigenvalue weighted by molar-refractivity contribution is 0.0690. The molecule has 0 aliphatic heterocycles. The Labute approximate surface area is 218 Å². The van der Waals surface area contributed by atoms with Crippen molar-refractivity contribution >= 4 is 46.1 Å². The number of tetrazole rings is 1. The van der Waals surface area contributed by atoms with Crippen LogP contribution < -0.4 is 11.0 Å². The van der Waals surface area contributed by atoms with Crippen molar-refractivity contribution in [2.75, 3.05) is 0 Å². The number of aryl methyl sites for hydroxylation is 1. The molecule has 0 aliphatic rings. The second-order valence-corrected chi connectivity index (χ2v) is 9.26. The Morgan fingerprint density at radius 3 is 2.57 bits per heavy atom. The lowest BCUT2D eigenvalue weighted by atomic mass is 10.0. The van der Waals surface area contributed by atoms with Crippen LogP contribution in [0.3, 0.4) is 0 Å². The van der Waals surface area contributed by atoms with Crippen LogP contribution in [-0.2, 0) is 13.1 Å². The highest BCUT2D eigenvalue weighted by atomic mass is 127. The zero-order valence-electron chi connectivity index (χ0n) is 18.4. The second kappa shape index (κ2) is 10.4. The molecule has 4 aromatic rings. The number of carbonyl (C=O) groups is 2. The lowest BCUT2D eigenvalue weighted by Gasteiger charge is -2.12. The molecule has 0 saturated carbocycles. The highest BCUT2D eigenvalue weighted by Crippen LogP contribution is 2.19. The number of benzene rings is 3. The van der Waals surface area contributed by atoms with E-state index in [9.17, 15) is 19.5 Å². The third-order valence-electron chi connectivity index (χ3n) is 5.37. The monoisotopic (exact) mass is 603 g/mol. The zero-order valence-corrected chi connectivity index (χ0v) is 21.3. The van der Waals surface area contributed by atoms with Gasteiger partial charge in [-0.15, -0.1) is 0 Å². The Morgan fingerprint density at radius 1 is 1.09 bits per heavy atom. The van der Waals surface area contributed by atoms with E-state index in [1.807, 2.05) is 47.7 Å². The first-order valence-corrected chi connectivity index (χ1v) is 11.9. The Hall–Kier alpha value is -3.51. The van der Waals surface area contributed by atoms with Crippen molar-refractivity contribution in [3.05, 3.63) is 108 Å². The summed E-state index contributed by atoms with van der Waals surface area (Å²) in [5.41, 5.74) is 2.71. The number of halogens is 2. The molecule has 0 unspecified atom stereocenters. The average molecular weight is 604 g/mol. The van der Waals surface area contributed by atoms with Gasteiger partial charge in [0, 0.05) is 10.1 Å². The molecule has 0 aliphatic carbocycles. The van der Waals surface area contributed by atoms with Crippen molar-refractivity contribution in [2.45, 2.75) is 20.0 Å². The molecule has 1 heterocycles. The molecule has 35 heavy (non-hydrogen) atoms. The summed E-state index contributed by atoms with van der Waals surface area (Å²) in [5, 5.41) is 20.5. The number of hydrogen-bond acceptors (Lipinski definition) is 5. The number of amides is 1. The number of carboxylic acid groups (broad SMARTS) is 1. The zero-order chi connectivity index (χ0) is 25.1. The molecule has 9 nitrogen and oxygen atoms in total.